The molecule has 0 fully saturated rings. The van der Waals surface area contributed by atoms with Crippen molar-refractivity contribution in [2.45, 2.75) is 19.8 Å². The molecule has 1 N–H and O–H groups in total. The summed E-state index contributed by atoms with van der Waals surface area (Å²) in [6.07, 6.45) is 1.39. The van der Waals surface area contributed by atoms with E-state index in [-0.39, 0.29) is 23.0 Å². The molecule has 0 amide bonds. The maximum atomic E-state index is 9.25. The highest BCUT2D eigenvalue weighted by molar-refractivity contribution is 5.41. The molecule has 21 heavy (non-hydrogen) atoms. The van der Waals surface area contributed by atoms with Gasteiger partial charge in [0, 0.05) is 0 Å². The van der Waals surface area contributed by atoms with Crippen molar-refractivity contribution in [2.75, 3.05) is 0 Å². The molecule has 0 aliphatic rings. The molecule has 6 heteroatoms. The zero-order chi connectivity index (χ0) is 15.2. The third-order valence-corrected chi connectivity index (χ3v) is 2.68. The van der Waals surface area contributed by atoms with Gasteiger partial charge in [-0.15, -0.1) is 0 Å². The number of phenolic OH excluding ortho intramolecular Hbond substituents is 1. The number of aryl methyl sites for hydroxylation is 1. The van der Waals surface area contributed by atoms with Gasteiger partial charge >= 0.3 is 0 Å². The van der Waals surface area contributed by atoms with Crippen molar-refractivity contribution in [3.8, 4) is 29.5 Å². The van der Waals surface area contributed by atoms with E-state index in [0.717, 1.165) is 6.42 Å². The molecule has 2 aromatic rings. The molecule has 6 nitrogen and oxygen atoms in total. The number of ether oxygens (including phenoxy) is 1. The summed E-state index contributed by atoms with van der Waals surface area (Å²) in [5.41, 5.74) is 0.464. The summed E-state index contributed by atoms with van der Waals surface area (Å²) in [5, 5.41) is 27.2. The summed E-state index contributed by atoms with van der Waals surface area (Å²) in [7, 11) is 0. The smallest absolute Gasteiger partial charge is 0.242 e. The number of hydrogen-bond acceptors (Lipinski definition) is 6. The van der Waals surface area contributed by atoms with Crippen LogP contribution in [0.2, 0.25) is 0 Å². The minimum absolute atomic E-state index is 0.000920. The first-order chi connectivity index (χ1) is 10.2. The Labute approximate surface area is 121 Å². The lowest BCUT2D eigenvalue weighted by molar-refractivity contribution is 0.444. The highest BCUT2D eigenvalue weighted by Gasteiger charge is 2.15. The average molecular weight is 280 g/mol. The van der Waals surface area contributed by atoms with Crippen LogP contribution in [-0.4, -0.2) is 15.1 Å². The first-order valence-corrected chi connectivity index (χ1v) is 6.36. The molecule has 1 heterocycles. The highest BCUT2D eigenvalue weighted by atomic mass is 16.5. The predicted molar refractivity (Wildman–Crippen MR) is 73.6 cm³/mol. The van der Waals surface area contributed by atoms with Crippen LogP contribution in [0.1, 0.15) is 30.4 Å². The second-order valence-electron chi connectivity index (χ2n) is 4.24. The molecule has 0 saturated carbocycles. The summed E-state index contributed by atoms with van der Waals surface area (Å²) in [6, 6.07) is 9.82. The van der Waals surface area contributed by atoms with E-state index in [4.69, 9.17) is 15.3 Å². The van der Waals surface area contributed by atoms with E-state index in [2.05, 4.69) is 9.97 Å². The lowest BCUT2D eigenvalue weighted by Gasteiger charge is -2.10. The number of aromatic hydroxyl groups is 1. The zero-order valence-corrected chi connectivity index (χ0v) is 11.4. The summed E-state index contributed by atoms with van der Waals surface area (Å²) in [4.78, 5) is 8.21. The summed E-state index contributed by atoms with van der Waals surface area (Å²) < 4.78 is 5.61. The van der Waals surface area contributed by atoms with E-state index in [1.54, 1.807) is 12.1 Å². The maximum absolute atomic E-state index is 9.25. The zero-order valence-electron chi connectivity index (χ0n) is 11.4. The largest absolute Gasteiger partial charge is 0.508 e. The van der Waals surface area contributed by atoms with Gasteiger partial charge in [-0.05, 0) is 30.7 Å². The first-order valence-electron chi connectivity index (χ1n) is 6.36. The van der Waals surface area contributed by atoms with Crippen molar-refractivity contribution in [1.82, 2.24) is 9.97 Å². The second-order valence-corrected chi connectivity index (χ2v) is 4.24. The fraction of sp³-hybridized carbons (Fsp3) is 0.200. The van der Waals surface area contributed by atoms with Gasteiger partial charge in [0.05, 0.1) is 0 Å². The Bertz CT molecular complexity index is 727. The fourth-order valence-electron chi connectivity index (χ4n) is 1.72. The molecule has 0 radical (unpaired) electrons. The molecule has 0 unspecified atom stereocenters. The summed E-state index contributed by atoms with van der Waals surface area (Å²) in [5.74, 6) is 0.797. The number of nitriles is 2. The predicted octanol–water partition coefficient (Wildman–Crippen LogP) is 2.67. The Morgan fingerprint density at radius 2 is 1.71 bits per heavy atom. The van der Waals surface area contributed by atoms with Gasteiger partial charge in [0.2, 0.25) is 5.88 Å². The van der Waals surface area contributed by atoms with Crippen LogP contribution < -0.4 is 4.74 Å². The molecule has 0 bridgehead atoms. The number of rotatable bonds is 4. The quantitative estimate of drug-likeness (QED) is 0.923. The Hall–Kier alpha value is -3.12. The highest BCUT2D eigenvalue weighted by Crippen LogP contribution is 2.25. The van der Waals surface area contributed by atoms with E-state index in [1.165, 1.54) is 12.1 Å². The molecule has 1 aromatic carbocycles. The number of aromatic nitrogens is 2. The normalized spacial score (nSPS) is 9.67. The van der Waals surface area contributed by atoms with Crippen molar-refractivity contribution in [3.63, 3.8) is 0 Å². The monoisotopic (exact) mass is 280 g/mol. The van der Waals surface area contributed by atoms with Crippen molar-refractivity contribution in [2.24, 2.45) is 0 Å². The van der Waals surface area contributed by atoms with Gasteiger partial charge in [-0.1, -0.05) is 13.3 Å². The molecule has 1 aromatic heterocycles. The lowest BCUT2D eigenvalue weighted by Crippen LogP contribution is -2.04. The Kier molecular flexibility index (Phi) is 4.33. The van der Waals surface area contributed by atoms with E-state index >= 15 is 0 Å². The topological polar surface area (TPSA) is 103 Å². The van der Waals surface area contributed by atoms with E-state index in [9.17, 15) is 5.11 Å². The van der Waals surface area contributed by atoms with E-state index in [0.29, 0.717) is 17.9 Å². The van der Waals surface area contributed by atoms with Crippen LogP contribution in [0, 0.1) is 22.7 Å². The number of hydrogen-bond donors (Lipinski definition) is 1. The Balaban J connectivity index is 2.43. The van der Waals surface area contributed by atoms with Crippen LogP contribution in [0.4, 0.5) is 0 Å². The second kappa shape index (κ2) is 6.36. The van der Waals surface area contributed by atoms with Gasteiger partial charge in [0.25, 0.3) is 0 Å². The fourth-order valence-corrected chi connectivity index (χ4v) is 1.72. The standard InChI is InChI=1S/C15H12N4O2/c1-2-3-12-15(19-14(9-17)13(8-16)18-12)21-11-6-4-10(20)5-7-11/h4-7,20H,2-3H2,1H3. The number of nitrogens with zero attached hydrogens (tertiary/aromatic N) is 4. The number of benzene rings is 1. The third-order valence-electron chi connectivity index (χ3n) is 2.68. The lowest BCUT2D eigenvalue weighted by atomic mass is 10.2. The molecule has 0 aliphatic heterocycles. The molecule has 0 saturated heterocycles. The van der Waals surface area contributed by atoms with Gasteiger partial charge in [0.1, 0.15) is 29.3 Å². The van der Waals surface area contributed by atoms with Crippen molar-refractivity contribution in [3.05, 3.63) is 41.3 Å². The molecule has 104 valence electrons. The molecule has 0 aliphatic carbocycles. The van der Waals surface area contributed by atoms with Crippen LogP contribution in [0.25, 0.3) is 0 Å². The van der Waals surface area contributed by atoms with Gasteiger partial charge in [-0.3, -0.25) is 0 Å². The SMILES string of the molecule is CCCc1nc(C#N)c(C#N)nc1Oc1ccc(O)cc1. The first kappa shape index (κ1) is 14.3. The summed E-state index contributed by atoms with van der Waals surface area (Å²) >= 11 is 0. The van der Waals surface area contributed by atoms with Gasteiger partial charge < -0.3 is 9.84 Å². The third kappa shape index (κ3) is 3.26. The molecular weight excluding hydrogens is 268 g/mol. The van der Waals surface area contributed by atoms with Crippen molar-refractivity contribution < 1.29 is 9.84 Å². The maximum Gasteiger partial charge on any atom is 0.242 e. The molecule has 0 atom stereocenters. The Morgan fingerprint density at radius 1 is 1.10 bits per heavy atom. The average Bonchev–Trinajstić information content (AvgIpc) is 2.50. The minimum atomic E-state index is -0.0638. The van der Waals surface area contributed by atoms with Gasteiger partial charge in [-0.2, -0.15) is 15.5 Å². The molecular formula is C15H12N4O2. The molecule has 0 spiro atoms. The van der Waals surface area contributed by atoms with E-state index in [1.807, 2.05) is 19.1 Å². The molecule has 2 rings (SSSR count). The van der Waals surface area contributed by atoms with Crippen LogP contribution in [0.3, 0.4) is 0 Å². The van der Waals surface area contributed by atoms with Crippen LogP contribution in [-0.2, 0) is 6.42 Å². The summed E-state index contributed by atoms with van der Waals surface area (Å²) in [6.45, 7) is 1.97. The van der Waals surface area contributed by atoms with Gasteiger partial charge in [-0.25, -0.2) is 4.98 Å². The van der Waals surface area contributed by atoms with Crippen LogP contribution in [0.5, 0.6) is 17.4 Å². The van der Waals surface area contributed by atoms with Crippen LogP contribution >= 0.6 is 0 Å². The Morgan fingerprint density at radius 3 is 2.29 bits per heavy atom. The van der Waals surface area contributed by atoms with Gasteiger partial charge in [0.15, 0.2) is 11.4 Å². The number of phenols is 1. The minimum Gasteiger partial charge on any atom is -0.508 e. The van der Waals surface area contributed by atoms with Crippen molar-refractivity contribution in [1.29, 1.82) is 10.5 Å². The van der Waals surface area contributed by atoms with Crippen molar-refractivity contribution >= 4 is 0 Å². The van der Waals surface area contributed by atoms with E-state index < -0.39 is 0 Å². The van der Waals surface area contributed by atoms with Crippen LogP contribution in [0.15, 0.2) is 24.3 Å².